The third kappa shape index (κ3) is 3.11. The maximum atomic E-state index is 13.5. The lowest BCUT2D eigenvalue weighted by Gasteiger charge is -2.28. The van der Waals surface area contributed by atoms with E-state index in [0.29, 0.717) is 31.7 Å². The molecule has 1 aliphatic rings. The molecule has 5 heteroatoms. The van der Waals surface area contributed by atoms with Gasteiger partial charge in [0.25, 0.3) is 0 Å². The van der Waals surface area contributed by atoms with Crippen LogP contribution in [0.4, 0.5) is 4.39 Å². The average Bonchev–Trinajstić information content (AvgIpc) is 2.82. The molecule has 2 rings (SSSR count). The van der Waals surface area contributed by atoms with Gasteiger partial charge in [-0.3, -0.25) is 4.79 Å². The summed E-state index contributed by atoms with van der Waals surface area (Å²) in [6.07, 6.45) is 0.504. The van der Waals surface area contributed by atoms with Gasteiger partial charge in [-0.15, -0.1) is 0 Å². The Bertz CT molecular complexity index is 458. The molecular weight excluding hydrogens is 249 g/mol. The second-order valence-corrected chi connectivity index (χ2v) is 5.15. The van der Waals surface area contributed by atoms with E-state index in [1.54, 1.807) is 25.2 Å². The Kier molecular flexibility index (Phi) is 4.17. The minimum atomic E-state index is -0.861. The monoisotopic (exact) mass is 267 g/mol. The van der Waals surface area contributed by atoms with Crippen LogP contribution in [0.25, 0.3) is 0 Å². The number of nitrogens with zero attached hydrogens (tertiary/aromatic N) is 1. The highest BCUT2D eigenvalue weighted by atomic mass is 19.1. The predicted octanol–water partition coefficient (Wildman–Crippen LogP) is 1.75. The Labute approximate surface area is 111 Å². The van der Waals surface area contributed by atoms with Crippen molar-refractivity contribution in [2.75, 3.05) is 26.8 Å². The first-order valence-corrected chi connectivity index (χ1v) is 6.27. The Morgan fingerprint density at radius 3 is 2.84 bits per heavy atom. The number of carbonyl (C=O) groups is 1. The molecule has 1 aromatic rings. The Hall–Kier alpha value is -1.46. The molecule has 104 valence electrons. The predicted molar refractivity (Wildman–Crippen MR) is 68.2 cm³/mol. The standard InChI is InChI=1S/C14H18FNO3/c1-16(8-11-4-2-3-5-12(11)15)9-14(13(17)18)6-7-19-10-14/h2-5H,6-10H2,1H3,(H,17,18). The normalized spacial score (nSPS) is 22.9. The summed E-state index contributed by atoms with van der Waals surface area (Å²) < 4.78 is 18.8. The van der Waals surface area contributed by atoms with Crippen molar-refractivity contribution in [1.29, 1.82) is 0 Å². The molecule has 1 aromatic carbocycles. The maximum absolute atomic E-state index is 13.5. The van der Waals surface area contributed by atoms with Crippen molar-refractivity contribution in [2.24, 2.45) is 5.41 Å². The quantitative estimate of drug-likeness (QED) is 0.883. The third-order valence-corrected chi connectivity index (χ3v) is 3.53. The van der Waals surface area contributed by atoms with Crippen LogP contribution in [0.15, 0.2) is 24.3 Å². The molecule has 1 atom stereocenters. The van der Waals surface area contributed by atoms with Crippen molar-refractivity contribution in [1.82, 2.24) is 4.90 Å². The van der Waals surface area contributed by atoms with Crippen LogP contribution in [0.1, 0.15) is 12.0 Å². The van der Waals surface area contributed by atoms with Gasteiger partial charge in [0.05, 0.1) is 6.61 Å². The first-order valence-electron chi connectivity index (χ1n) is 6.27. The molecule has 1 unspecified atom stereocenters. The number of hydrogen-bond donors (Lipinski definition) is 1. The van der Waals surface area contributed by atoms with E-state index in [1.807, 2.05) is 4.90 Å². The van der Waals surface area contributed by atoms with Crippen LogP contribution >= 0.6 is 0 Å². The van der Waals surface area contributed by atoms with Crippen molar-refractivity contribution in [2.45, 2.75) is 13.0 Å². The van der Waals surface area contributed by atoms with E-state index in [4.69, 9.17) is 4.74 Å². The molecule has 1 saturated heterocycles. The van der Waals surface area contributed by atoms with Crippen LogP contribution in [0, 0.1) is 11.2 Å². The van der Waals surface area contributed by atoms with E-state index in [1.165, 1.54) is 6.07 Å². The Morgan fingerprint density at radius 2 is 2.26 bits per heavy atom. The smallest absolute Gasteiger partial charge is 0.313 e. The molecule has 0 bridgehead atoms. The minimum Gasteiger partial charge on any atom is -0.481 e. The van der Waals surface area contributed by atoms with Gasteiger partial charge in [-0.05, 0) is 19.5 Å². The van der Waals surface area contributed by atoms with Crippen LogP contribution in [0.5, 0.6) is 0 Å². The Balaban J connectivity index is 2.03. The fourth-order valence-corrected chi connectivity index (χ4v) is 2.46. The van der Waals surface area contributed by atoms with Gasteiger partial charge >= 0.3 is 5.97 Å². The molecule has 0 saturated carbocycles. The van der Waals surface area contributed by atoms with Crippen molar-refractivity contribution in [3.05, 3.63) is 35.6 Å². The molecule has 19 heavy (non-hydrogen) atoms. The largest absolute Gasteiger partial charge is 0.481 e. The van der Waals surface area contributed by atoms with Crippen molar-refractivity contribution in [3.8, 4) is 0 Å². The molecule has 1 aliphatic heterocycles. The van der Waals surface area contributed by atoms with Crippen LogP contribution in [-0.2, 0) is 16.1 Å². The lowest BCUT2D eigenvalue weighted by atomic mass is 9.87. The van der Waals surface area contributed by atoms with Gasteiger partial charge in [-0.25, -0.2) is 4.39 Å². The summed E-state index contributed by atoms with van der Waals surface area (Å²) in [5.41, 5.74) is -0.288. The van der Waals surface area contributed by atoms with Gasteiger partial charge in [0, 0.05) is 25.3 Å². The number of halogens is 1. The maximum Gasteiger partial charge on any atom is 0.313 e. The van der Waals surface area contributed by atoms with Crippen molar-refractivity contribution in [3.63, 3.8) is 0 Å². The minimum absolute atomic E-state index is 0.226. The highest BCUT2D eigenvalue weighted by molar-refractivity contribution is 5.75. The second kappa shape index (κ2) is 5.67. The summed E-state index contributed by atoms with van der Waals surface area (Å²) in [5, 5.41) is 9.35. The SMILES string of the molecule is CN(Cc1ccccc1F)CC1(C(=O)O)CCOC1. The van der Waals surface area contributed by atoms with Crippen molar-refractivity contribution < 1.29 is 19.0 Å². The molecule has 0 radical (unpaired) electrons. The van der Waals surface area contributed by atoms with Crippen LogP contribution < -0.4 is 0 Å². The zero-order valence-electron chi connectivity index (χ0n) is 10.9. The van der Waals surface area contributed by atoms with Crippen molar-refractivity contribution >= 4 is 5.97 Å². The first-order chi connectivity index (χ1) is 9.03. The third-order valence-electron chi connectivity index (χ3n) is 3.53. The van der Waals surface area contributed by atoms with E-state index < -0.39 is 11.4 Å². The summed E-state index contributed by atoms with van der Waals surface area (Å²) in [7, 11) is 1.80. The van der Waals surface area contributed by atoms with Gasteiger partial charge in [-0.1, -0.05) is 18.2 Å². The number of benzene rings is 1. The summed E-state index contributed by atoms with van der Waals surface area (Å²) in [6.45, 7) is 1.45. The fraction of sp³-hybridized carbons (Fsp3) is 0.500. The van der Waals surface area contributed by atoms with E-state index in [0.717, 1.165) is 0 Å². The molecule has 0 aromatic heterocycles. The van der Waals surface area contributed by atoms with Crippen LogP contribution in [0.2, 0.25) is 0 Å². The van der Waals surface area contributed by atoms with Crippen LogP contribution in [0.3, 0.4) is 0 Å². The molecule has 1 fully saturated rings. The lowest BCUT2D eigenvalue weighted by molar-refractivity contribution is -0.150. The zero-order chi connectivity index (χ0) is 13.9. The summed E-state index contributed by atoms with van der Waals surface area (Å²) in [5.74, 6) is -1.10. The van der Waals surface area contributed by atoms with Gasteiger partial charge in [-0.2, -0.15) is 0 Å². The molecule has 1 N–H and O–H groups in total. The average molecular weight is 267 g/mol. The fourth-order valence-electron chi connectivity index (χ4n) is 2.46. The van der Waals surface area contributed by atoms with E-state index in [2.05, 4.69) is 0 Å². The van der Waals surface area contributed by atoms with E-state index in [-0.39, 0.29) is 12.4 Å². The first kappa shape index (κ1) is 14.0. The zero-order valence-corrected chi connectivity index (χ0v) is 10.9. The Morgan fingerprint density at radius 1 is 1.53 bits per heavy atom. The molecular formula is C14H18FNO3. The number of aliphatic carboxylic acids is 1. The molecule has 4 nitrogen and oxygen atoms in total. The summed E-state index contributed by atoms with van der Waals surface area (Å²) in [4.78, 5) is 13.2. The summed E-state index contributed by atoms with van der Waals surface area (Å²) in [6, 6.07) is 6.54. The molecule has 0 spiro atoms. The number of carboxylic acids is 1. The van der Waals surface area contributed by atoms with Gasteiger partial charge < -0.3 is 14.7 Å². The number of ether oxygens (including phenoxy) is 1. The molecule has 0 amide bonds. The summed E-state index contributed by atoms with van der Waals surface area (Å²) >= 11 is 0. The number of rotatable bonds is 5. The number of hydrogen-bond acceptors (Lipinski definition) is 3. The van der Waals surface area contributed by atoms with Gasteiger partial charge in [0.2, 0.25) is 0 Å². The molecule has 1 heterocycles. The lowest BCUT2D eigenvalue weighted by Crippen LogP contribution is -2.42. The van der Waals surface area contributed by atoms with E-state index in [9.17, 15) is 14.3 Å². The van der Waals surface area contributed by atoms with Gasteiger partial charge in [0.15, 0.2) is 0 Å². The number of carboxylic acid groups (broad SMARTS) is 1. The highest BCUT2D eigenvalue weighted by Crippen LogP contribution is 2.30. The van der Waals surface area contributed by atoms with E-state index >= 15 is 0 Å². The van der Waals surface area contributed by atoms with Crippen LogP contribution in [-0.4, -0.2) is 42.8 Å². The second-order valence-electron chi connectivity index (χ2n) is 5.15. The topological polar surface area (TPSA) is 49.8 Å². The van der Waals surface area contributed by atoms with Gasteiger partial charge in [0.1, 0.15) is 11.2 Å². The highest BCUT2D eigenvalue weighted by Gasteiger charge is 2.43. The molecule has 0 aliphatic carbocycles.